The largest absolute Gasteiger partial charge is 0 e. The fourth-order valence-electron chi connectivity index (χ4n) is 1.36. The van der Waals surface area contributed by atoms with Crippen LogP contribution in [0.4, 0.5) is 0 Å². The van der Waals surface area contributed by atoms with Gasteiger partial charge in [0.2, 0.25) is 0 Å². The maximum absolute atomic E-state index is 5.70. The first-order chi connectivity index (χ1) is 8.70. The normalized spacial score (nSPS) is 21.1. The van der Waals surface area contributed by atoms with Crippen molar-refractivity contribution in [3.63, 3.8) is 0 Å². The molecule has 0 aliphatic carbocycles. The molecule has 0 radical (unpaired) electrons. The van der Waals surface area contributed by atoms with Crippen LogP contribution in [0.15, 0.2) is 0 Å². The number of hydrogen-bond donors (Lipinski definition) is 0. The van der Waals surface area contributed by atoms with E-state index >= 15 is 0 Å². The minimum absolute atomic E-state index is 0. The third-order valence-corrected chi connectivity index (χ3v) is 4.98. The average molecular weight is 348 g/mol. The van der Waals surface area contributed by atoms with Gasteiger partial charge in [0.25, 0.3) is 0 Å². The van der Waals surface area contributed by atoms with Gasteiger partial charge < -0.3 is 0 Å². The first kappa shape index (κ1) is 19.9. The Morgan fingerprint density at radius 1 is 0.684 bits per heavy atom. The standard InChI is InChI=1S/C12H27O5P.Zn/c1-4-7-10-13-18(16-17-18,14-11-8-5-2)15-12-9-6-3;/h4-12H2,1-3H3;. The molecule has 1 saturated heterocycles. The van der Waals surface area contributed by atoms with Gasteiger partial charge >= 0.3 is 110 Å². The molecule has 7 heteroatoms. The Kier molecular flexibility index (Phi) is 10.2. The Labute approximate surface area is 129 Å². The van der Waals surface area contributed by atoms with Crippen molar-refractivity contribution in [3.05, 3.63) is 0 Å². The molecule has 0 bridgehead atoms. The molecule has 0 spiro atoms. The van der Waals surface area contributed by atoms with Gasteiger partial charge in [0.15, 0.2) is 0 Å². The SMILES string of the molecule is CCCCOP1(OCCCC)(OCCCC)OO1.[Zn]. The molecule has 0 N–H and O–H groups in total. The Hall–Kier alpha value is 0.853. The summed E-state index contributed by atoms with van der Waals surface area (Å²) < 4.78 is 27.3. The molecule has 0 amide bonds. The molecule has 1 aliphatic heterocycles. The molecule has 5 nitrogen and oxygen atoms in total. The summed E-state index contributed by atoms with van der Waals surface area (Å²) in [7, 11) is -3.59. The molecule has 1 rings (SSSR count). The molecular weight excluding hydrogens is 320 g/mol. The Morgan fingerprint density at radius 2 is 1.00 bits per heavy atom. The second kappa shape index (κ2) is 9.73. The summed E-state index contributed by atoms with van der Waals surface area (Å²) in [6.07, 6.45) is 5.99. The van der Waals surface area contributed by atoms with Crippen LogP contribution in [-0.4, -0.2) is 19.8 Å². The van der Waals surface area contributed by atoms with E-state index in [9.17, 15) is 0 Å². The van der Waals surface area contributed by atoms with Gasteiger partial charge in [-0.2, -0.15) is 0 Å². The summed E-state index contributed by atoms with van der Waals surface area (Å²) in [6, 6.07) is 0. The third-order valence-electron chi connectivity index (χ3n) is 2.66. The predicted octanol–water partition coefficient (Wildman–Crippen LogP) is 4.52. The quantitative estimate of drug-likeness (QED) is 0.171. The fourth-order valence-corrected chi connectivity index (χ4v) is 3.45. The maximum Gasteiger partial charge on any atom is 0 e. The van der Waals surface area contributed by atoms with Crippen LogP contribution in [0.3, 0.4) is 0 Å². The molecule has 0 aromatic heterocycles. The van der Waals surface area contributed by atoms with Crippen LogP contribution >= 0.6 is 7.74 Å². The van der Waals surface area contributed by atoms with Gasteiger partial charge in [-0.1, -0.05) is 0 Å². The van der Waals surface area contributed by atoms with Crippen LogP contribution < -0.4 is 0 Å². The van der Waals surface area contributed by atoms with Gasteiger partial charge in [-0.25, -0.2) is 0 Å². The van der Waals surface area contributed by atoms with E-state index < -0.39 is 7.74 Å². The van der Waals surface area contributed by atoms with Crippen molar-refractivity contribution in [2.45, 2.75) is 59.3 Å². The van der Waals surface area contributed by atoms with E-state index in [2.05, 4.69) is 20.8 Å². The van der Waals surface area contributed by atoms with E-state index in [0.717, 1.165) is 38.5 Å². The van der Waals surface area contributed by atoms with Gasteiger partial charge in [0, 0.05) is 19.5 Å². The van der Waals surface area contributed by atoms with E-state index in [4.69, 9.17) is 22.9 Å². The molecular formula is C12H27O5PZn. The molecule has 0 saturated carbocycles. The third kappa shape index (κ3) is 6.43. The van der Waals surface area contributed by atoms with Gasteiger partial charge in [-0.05, 0) is 0 Å². The van der Waals surface area contributed by atoms with Crippen molar-refractivity contribution in [1.29, 1.82) is 0 Å². The van der Waals surface area contributed by atoms with Gasteiger partial charge in [-0.3, -0.25) is 0 Å². The molecule has 1 aliphatic rings. The number of unbranched alkanes of at least 4 members (excludes halogenated alkanes) is 3. The van der Waals surface area contributed by atoms with Crippen molar-refractivity contribution in [3.8, 4) is 0 Å². The zero-order chi connectivity index (χ0) is 13.3. The summed E-state index contributed by atoms with van der Waals surface area (Å²) in [6.45, 7) is 7.96. The van der Waals surface area contributed by atoms with Gasteiger partial charge in [-0.15, -0.1) is 0 Å². The molecule has 0 atom stereocenters. The fraction of sp³-hybridized carbons (Fsp3) is 1.00. The summed E-state index contributed by atoms with van der Waals surface area (Å²) in [5.74, 6) is 0. The second-order valence-corrected chi connectivity index (χ2v) is 7.02. The summed E-state index contributed by atoms with van der Waals surface area (Å²) in [5, 5.41) is 0. The summed E-state index contributed by atoms with van der Waals surface area (Å²) in [5.41, 5.74) is 0. The monoisotopic (exact) mass is 346 g/mol. The molecule has 1 fully saturated rings. The van der Waals surface area contributed by atoms with Crippen LogP contribution in [0.2, 0.25) is 0 Å². The topological polar surface area (TPSA) is 52.8 Å². The van der Waals surface area contributed by atoms with Crippen LogP contribution in [0, 0.1) is 0 Å². The minimum atomic E-state index is -3.59. The van der Waals surface area contributed by atoms with Gasteiger partial charge in [0.1, 0.15) is 0 Å². The van der Waals surface area contributed by atoms with Crippen LogP contribution in [0.1, 0.15) is 59.3 Å². The van der Waals surface area contributed by atoms with Crippen LogP contribution in [-0.2, 0) is 42.4 Å². The smallest absolute Gasteiger partial charge is 0 e. The van der Waals surface area contributed by atoms with E-state index in [1.165, 1.54) is 0 Å². The van der Waals surface area contributed by atoms with Crippen molar-refractivity contribution in [1.82, 2.24) is 0 Å². The van der Waals surface area contributed by atoms with Gasteiger partial charge in [0.05, 0.1) is 0 Å². The minimum Gasteiger partial charge on any atom is 0 e. The number of rotatable bonds is 12. The van der Waals surface area contributed by atoms with Crippen molar-refractivity contribution in [2.24, 2.45) is 0 Å². The molecule has 112 valence electrons. The number of hydrogen-bond acceptors (Lipinski definition) is 5. The molecule has 1 heterocycles. The first-order valence-electron chi connectivity index (χ1n) is 7.07. The van der Waals surface area contributed by atoms with Crippen molar-refractivity contribution < 1.29 is 42.4 Å². The van der Waals surface area contributed by atoms with Crippen molar-refractivity contribution >= 4 is 7.74 Å². The van der Waals surface area contributed by atoms with Crippen LogP contribution in [0.25, 0.3) is 0 Å². The average Bonchev–Trinajstić information content (AvgIpc) is 3.07. The molecule has 0 aromatic carbocycles. The maximum atomic E-state index is 5.70. The Bertz CT molecular complexity index is 205. The Balaban J connectivity index is 0.00000324. The van der Waals surface area contributed by atoms with Crippen molar-refractivity contribution in [2.75, 3.05) is 19.8 Å². The van der Waals surface area contributed by atoms with Crippen LogP contribution in [0.5, 0.6) is 0 Å². The summed E-state index contributed by atoms with van der Waals surface area (Å²) in [4.78, 5) is 0. The zero-order valence-electron chi connectivity index (χ0n) is 12.6. The molecule has 19 heavy (non-hydrogen) atoms. The van der Waals surface area contributed by atoms with E-state index in [-0.39, 0.29) is 19.5 Å². The first-order valence-corrected chi connectivity index (χ1v) is 8.89. The zero-order valence-corrected chi connectivity index (χ0v) is 16.4. The molecule has 0 aromatic rings. The van der Waals surface area contributed by atoms with E-state index in [1.807, 2.05) is 0 Å². The Morgan fingerprint density at radius 3 is 1.21 bits per heavy atom. The predicted molar refractivity (Wildman–Crippen MR) is 71.7 cm³/mol. The van der Waals surface area contributed by atoms with E-state index in [1.54, 1.807) is 0 Å². The summed E-state index contributed by atoms with van der Waals surface area (Å²) >= 11 is 0. The van der Waals surface area contributed by atoms with E-state index in [0.29, 0.717) is 19.8 Å². The second-order valence-electron chi connectivity index (χ2n) is 4.45. The molecule has 0 unspecified atom stereocenters.